The van der Waals surface area contributed by atoms with Crippen LogP contribution in [0.1, 0.15) is 31.7 Å². The fourth-order valence-electron chi connectivity index (χ4n) is 1.53. The second-order valence-electron chi connectivity index (χ2n) is 3.92. The molecule has 16 heavy (non-hydrogen) atoms. The number of hydrogen-bond donors (Lipinski definition) is 3. The first-order chi connectivity index (χ1) is 7.65. The van der Waals surface area contributed by atoms with E-state index in [2.05, 4.69) is 20.8 Å². The Hall–Kier alpha value is -1.63. The predicted octanol–water partition coefficient (Wildman–Crippen LogP) is -0.220. The molecule has 0 radical (unpaired) electrons. The van der Waals surface area contributed by atoms with Crippen molar-refractivity contribution in [3.63, 3.8) is 0 Å². The molecule has 0 spiro atoms. The minimum atomic E-state index is -0.269. The molecule has 2 atom stereocenters. The monoisotopic (exact) mass is 225 g/mol. The molecule has 1 saturated heterocycles. The van der Waals surface area contributed by atoms with E-state index < -0.39 is 0 Å². The van der Waals surface area contributed by atoms with E-state index in [0.717, 1.165) is 6.42 Å². The van der Waals surface area contributed by atoms with Gasteiger partial charge in [0.05, 0.1) is 6.04 Å². The molecule has 0 bridgehead atoms. The van der Waals surface area contributed by atoms with Gasteiger partial charge < -0.3 is 20.8 Å². The van der Waals surface area contributed by atoms with Gasteiger partial charge in [-0.05, 0) is 13.3 Å². The lowest BCUT2D eigenvalue weighted by molar-refractivity contribution is -0.119. The molecule has 1 amide bonds. The van der Waals surface area contributed by atoms with Gasteiger partial charge in [0.25, 0.3) is 0 Å². The first-order valence-corrected chi connectivity index (χ1v) is 5.27. The van der Waals surface area contributed by atoms with Gasteiger partial charge in [-0.25, -0.2) is 0 Å². The highest BCUT2D eigenvalue weighted by atomic mass is 16.4. The largest absolute Gasteiger partial charge is 0.406 e. The van der Waals surface area contributed by atoms with Crippen LogP contribution in [-0.4, -0.2) is 28.7 Å². The normalized spacial score (nSPS) is 21.9. The van der Waals surface area contributed by atoms with Gasteiger partial charge in [-0.1, -0.05) is 5.10 Å². The summed E-state index contributed by atoms with van der Waals surface area (Å²) in [5, 5.41) is 13.4. The molecule has 0 saturated carbocycles. The molecule has 1 fully saturated rings. The van der Waals surface area contributed by atoms with Crippen molar-refractivity contribution in [3.05, 3.63) is 5.89 Å². The highest BCUT2D eigenvalue weighted by Crippen LogP contribution is 2.12. The topological polar surface area (TPSA) is 106 Å². The quantitative estimate of drug-likeness (QED) is 0.654. The molecule has 7 nitrogen and oxygen atoms in total. The Kier molecular flexibility index (Phi) is 3.04. The Labute approximate surface area is 92.8 Å². The van der Waals surface area contributed by atoms with E-state index in [4.69, 9.17) is 10.2 Å². The molecule has 88 valence electrons. The lowest BCUT2D eigenvalue weighted by Crippen LogP contribution is -2.31. The zero-order valence-corrected chi connectivity index (χ0v) is 9.06. The van der Waals surface area contributed by atoms with E-state index in [0.29, 0.717) is 24.9 Å². The lowest BCUT2D eigenvalue weighted by Gasteiger charge is -2.08. The summed E-state index contributed by atoms with van der Waals surface area (Å²) in [6.07, 6.45) is 1.42. The minimum Gasteiger partial charge on any atom is -0.406 e. The van der Waals surface area contributed by atoms with Gasteiger partial charge in [-0.15, -0.1) is 5.10 Å². The standard InChI is InChI=1S/C9H15N5O2/c1-5(10)8-13-14-9(16-8)11-4-6-2-3-7(15)12-6/h5-6H,2-4,10H2,1H3,(H,11,14)(H,12,15). The number of nitrogens with one attached hydrogen (secondary N) is 2. The Morgan fingerprint density at radius 2 is 2.50 bits per heavy atom. The zero-order valence-electron chi connectivity index (χ0n) is 9.06. The zero-order chi connectivity index (χ0) is 11.5. The number of carbonyl (C=O) groups excluding carboxylic acids is 1. The average Bonchev–Trinajstić information content (AvgIpc) is 2.83. The molecule has 2 unspecified atom stereocenters. The van der Waals surface area contributed by atoms with Crippen molar-refractivity contribution in [2.24, 2.45) is 5.73 Å². The van der Waals surface area contributed by atoms with Gasteiger partial charge in [0.15, 0.2) is 0 Å². The van der Waals surface area contributed by atoms with Crippen LogP contribution in [0.3, 0.4) is 0 Å². The SMILES string of the molecule is CC(N)c1nnc(NCC2CCC(=O)N2)o1. The van der Waals surface area contributed by atoms with Gasteiger partial charge in [-0.2, -0.15) is 0 Å². The Balaban J connectivity index is 1.83. The van der Waals surface area contributed by atoms with Crippen LogP contribution in [0, 0.1) is 0 Å². The number of anilines is 1. The van der Waals surface area contributed by atoms with Gasteiger partial charge >= 0.3 is 6.01 Å². The molecule has 4 N–H and O–H groups in total. The third kappa shape index (κ3) is 2.48. The smallest absolute Gasteiger partial charge is 0.315 e. The van der Waals surface area contributed by atoms with Crippen molar-refractivity contribution in [3.8, 4) is 0 Å². The van der Waals surface area contributed by atoms with Crippen LogP contribution in [0.2, 0.25) is 0 Å². The van der Waals surface area contributed by atoms with Crippen LogP contribution in [-0.2, 0) is 4.79 Å². The molecular weight excluding hydrogens is 210 g/mol. The number of nitrogens with zero attached hydrogens (tertiary/aromatic N) is 2. The second-order valence-corrected chi connectivity index (χ2v) is 3.92. The summed E-state index contributed by atoms with van der Waals surface area (Å²) in [4.78, 5) is 11.0. The first-order valence-electron chi connectivity index (χ1n) is 5.27. The molecule has 7 heteroatoms. The lowest BCUT2D eigenvalue weighted by atomic mass is 10.2. The maximum absolute atomic E-state index is 11.0. The average molecular weight is 225 g/mol. The van der Waals surface area contributed by atoms with E-state index in [1.54, 1.807) is 6.92 Å². The van der Waals surface area contributed by atoms with E-state index >= 15 is 0 Å². The second kappa shape index (κ2) is 4.48. The van der Waals surface area contributed by atoms with Crippen molar-refractivity contribution < 1.29 is 9.21 Å². The number of nitrogens with two attached hydrogens (primary N) is 1. The van der Waals surface area contributed by atoms with E-state index in [-0.39, 0.29) is 18.0 Å². The van der Waals surface area contributed by atoms with Gasteiger partial charge in [0, 0.05) is 19.0 Å². The Morgan fingerprint density at radius 1 is 1.69 bits per heavy atom. The predicted molar refractivity (Wildman–Crippen MR) is 56.6 cm³/mol. The highest BCUT2D eigenvalue weighted by Gasteiger charge is 2.21. The van der Waals surface area contributed by atoms with Gasteiger partial charge in [0.1, 0.15) is 0 Å². The molecule has 0 aromatic carbocycles. The number of hydrogen-bond acceptors (Lipinski definition) is 6. The molecule has 0 aliphatic carbocycles. The highest BCUT2D eigenvalue weighted by molar-refractivity contribution is 5.78. The third-order valence-corrected chi connectivity index (χ3v) is 2.41. The molecular formula is C9H15N5O2. The van der Waals surface area contributed by atoms with Gasteiger partial charge in [0.2, 0.25) is 11.8 Å². The fourth-order valence-corrected chi connectivity index (χ4v) is 1.53. The Morgan fingerprint density at radius 3 is 3.06 bits per heavy atom. The molecule has 2 heterocycles. The van der Waals surface area contributed by atoms with Gasteiger partial charge in [-0.3, -0.25) is 4.79 Å². The van der Waals surface area contributed by atoms with E-state index in [1.807, 2.05) is 0 Å². The Bertz CT molecular complexity index is 376. The maximum atomic E-state index is 11.0. The number of rotatable bonds is 4. The van der Waals surface area contributed by atoms with E-state index in [9.17, 15) is 4.79 Å². The fraction of sp³-hybridized carbons (Fsp3) is 0.667. The molecule has 1 aliphatic heterocycles. The van der Waals surface area contributed by atoms with Crippen LogP contribution in [0.15, 0.2) is 4.42 Å². The van der Waals surface area contributed by atoms with Crippen LogP contribution in [0.25, 0.3) is 0 Å². The summed E-state index contributed by atoms with van der Waals surface area (Å²) in [6.45, 7) is 2.36. The summed E-state index contributed by atoms with van der Waals surface area (Å²) in [7, 11) is 0. The maximum Gasteiger partial charge on any atom is 0.315 e. The summed E-state index contributed by atoms with van der Waals surface area (Å²) in [6, 6.07) is 0.209. The van der Waals surface area contributed by atoms with Crippen LogP contribution >= 0.6 is 0 Å². The summed E-state index contributed by atoms with van der Waals surface area (Å²) in [5.41, 5.74) is 5.58. The number of carbonyl (C=O) groups is 1. The molecule has 1 aromatic rings. The minimum absolute atomic E-state index is 0.0913. The van der Waals surface area contributed by atoms with Crippen molar-refractivity contribution in [1.29, 1.82) is 0 Å². The first kappa shape index (κ1) is 10.9. The van der Waals surface area contributed by atoms with Crippen LogP contribution in [0.4, 0.5) is 6.01 Å². The summed E-state index contributed by atoms with van der Waals surface area (Å²) >= 11 is 0. The van der Waals surface area contributed by atoms with Crippen molar-refractivity contribution >= 4 is 11.9 Å². The molecule has 1 aliphatic rings. The van der Waals surface area contributed by atoms with Crippen molar-refractivity contribution in [2.75, 3.05) is 11.9 Å². The third-order valence-electron chi connectivity index (χ3n) is 2.41. The van der Waals surface area contributed by atoms with Crippen LogP contribution < -0.4 is 16.4 Å². The summed E-state index contributed by atoms with van der Waals surface area (Å²) in [5.74, 6) is 0.492. The summed E-state index contributed by atoms with van der Waals surface area (Å²) < 4.78 is 5.26. The number of aromatic nitrogens is 2. The molecule has 2 rings (SSSR count). The van der Waals surface area contributed by atoms with Crippen molar-refractivity contribution in [2.45, 2.75) is 31.8 Å². The van der Waals surface area contributed by atoms with Crippen LogP contribution in [0.5, 0.6) is 0 Å². The number of amides is 1. The van der Waals surface area contributed by atoms with Crippen molar-refractivity contribution in [1.82, 2.24) is 15.5 Å². The molecule has 1 aromatic heterocycles. The van der Waals surface area contributed by atoms with E-state index in [1.165, 1.54) is 0 Å².